The molecule has 0 fully saturated rings. The van der Waals surface area contributed by atoms with E-state index in [0.717, 1.165) is 0 Å². The normalized spacial score (nSPS) is 11.5. The minimum absolute atomic E-state index is 0.0169. The number of halogens is 1. The molecular weight excluding hydrogens is 216 g/mol. The van der Waals surface area contributed by atoms with Crippen LogP contribution in [0.15, 0.2) is 6.33 Å². The summed E-state index contributed by atoms with van der Waals surface area (Å²) in [4.78, 5) is 11.6. The van der Waals surface area contributed by atoms with Crippen LogP contribution in [0.4, 0.5) is 0 Å². The Morgan fingerprint density at radius 1 is 1.67 bits per heavy atom. The maximum Gasteiger partial charge on any atom is 0.227 e. The second kappa shape index (κ2) is 4.61. The van der Waals surface area contributed by atoms with Crippen molar-refractivity contribution in [3.8, 4) is 0 Å². The van der Waals surface area contributed by atoms with Gasteiger partial charge in [0.2, 0.25) is 5.91 Å². The number of alkyl halides is 1. The van der Waals surface area contributed by atoms with Gasteiger partial charge in [-0.1, -0.05) is 0 Å². The maximum atomic E-state index is 11.6. The molecule has 6 heteroatoms. The number of rotatable bonds is 4. The van der Waals surface area contributed by atoms with Gasteiger partial charge in [-0.05, 0) is 13.8 Å². The summed E-state index contributed by atoms with van der Waals surface area (Å²) >= 11 is 5.69. The Labute approximate surface area is 93.8 Å². The Hall–Kier alpha value is -1.10. The molecule has 15 heavy (non-hydrogen) atoms. The molecule has 0 spiro atoms. The Kier molecular flexibility index (Phi) is 3.68. The van der Waals surface area contributed by atoms with Crippen molar-refractivity contribution < 1.29 is 4.79 Å². The van der Waals surface area contributed by atoms with Gasteiger partial charge in [0, 0.05) is 13.6 Å². The van der Waals surface area contributed by atoms with Crippen LogP contribution in [0.5, 0.6) is 0 Å². The Bertz CT molecular complexity index is 348. The maximum absolute atomic E-state index is 11.6. The van der Waals surface area contributed by atoms with Gasteiger partial charge in [-0.25, -0.2) is 0 Å². The molecular formula is C9H15ClN4O. The van der Waals surface area contributed by atoms with Gasteiger partial charge in [0.1, 0.15) is 12.2 Å². The Morgan fingerprint density at radius 2 is 2.33 bits per heavy atom. The predicted molar refractivity (Wildman–Crippen MR) is 57.4 cm³/mol. The fourth-order valence-electron chi connectivity index (χ4n) is 1.35. The number of amides is 1. The molecule has 0 saturated carbocycles. The molecule has 0 aliphatic heterocycles. The SMILES string of the molecule is CNC(=O)C(C)(C)Cn1cnnc1CCl. The number of carbonyl (C=O) groups excluding carboxylic acids is 1. The molecule has 0 aliphatic carbocycles. The molecule has 1 amide bonds. The van der Waals surface area contributed by atoms with Crippen molar-refractivity contribution in [2.45, 2.75) is 26.3 Å². The number of nitrogens with zero attached hydrogens (tertiary/aromatic N) is 3. The molecule has 0 unspecified atom stereocenters. The quantitative estimate of drug-likeness (QED) is 0.778. The van der Waals surface area contributed by atoms with E-state index in [4.69, 9.17) is 11.6 Å². The molecule has 1 N–H and O–H groups in total. The minimum atomic E-state index is -0.502. The highest BCUT2D eigenvalue weighted by molar-refractivity contribution is 6.16. The molecule has 1 aromatic heterocycles. The van der Waals surface area contributed by atoms with Crippen molar-refractivity contribution in [2.24, 2.45) is 5.41 Å². The molecule has 0 atom stereocenters. The summed E-state index contributed by atoms with van der Waals surface area (Å²) in [6.45, 7) is 4.25. The van der Waals surface area contributed by atoms with Crippen LogP contribution < -0.4 is 5.32 Å². The zero-order valence-electron chi connectivity index (χ0n) is 9.12. The molecule has 84 valence electrons. The minimum Gasteiger partial charge on any atom is -0.359 e. The second-order valence-electron chi connectivity index (χ2n) is 3.97. The van der Waals surface area contributed by atoms with Crippen LogP contribution in [0.2, 0.25) is 0 Å². The van der Waals surface area contributed by atoms with E-state index in [1.165, 1.54) is 0 Å². The summed E-state index contributed by atoms with van der Waals surface area (Å²) in [7, 11) is 1.62. The van der Waals surface area contributed by atoms with E-state index in [1.54, 1.807) is 17.9 Å². The van der Waals surface area contributed by atoms with E-state index in [2.05, 4.69) is 15.5 Å². The predicted octanol–water partition coefficient (Wildman–Crippen LogP) is 0.789. The van der Waals surface area contributed by atoms with Gasteiger partial charge in [0.15, 0.2) is 0 Å². The fraction of sp³-hybridized carbons (Fsp3) is 0.667. The third-order valence-electron chi connectivity index (χ3n) is 2.22. The van der Waals surface area contributed by atoms with Gasteiger partial charge in [-0.3, -0.25) is 4.79 Å². The molecule has 0 bridgehead atoms. The van der Waals surface area contributed by atoms with E-state index >= 15 is 0 Å². The summed E-state index contributed by atoms with van der Waals surface area (Å²) < 4.78 is 1.79. The van der Waals surface area contributed by atoms with Crippen molar-refractivity contribution in [1.82, 2.24) is 20.1 Å². The molecule has 1 rings (SSSR count). The van der Waals surface area contributed by atoms with Crippen LogP contribution in [0.1, 0.15) is 19.7 Å². The summed E-state index contributed by atoms with van der Waals surface area (Å²) in [6.07, 6.45) is 1.59. The lowest BCUT2D eigenvalue weighted by Crippen LogP contribution is -2.37. The van der Waals surface area contributed by atoms with E-state index < -0.39 is 5.41 Å². The lowest BCUT2D eigenvalue weighted by Gasteiger charge is -2.23. The van der Waals surface area contributed by atoms with Crippen LogP contribution in [-0.2, 0) is 17.2 Å². The first-order chi connectivity index (χ1) is 7.01. The standard InChI is InChI=1S/C9H15ClN4O/c1-9(2,8(15)11-3)5-14-6-12-13-7(14)4-10/h6H,4-5H2,1-3H3,(H,11,15). The van der Waals surface area contributed by atoms with Crippen molar-refractivity contribution >= 4 is 17.5 Å². The molecule has 1 aromatic rings. The molecule has 0 aliphatic rings. The first kappa shape index (κ1) is 12.0. The molecule has 0 aromatic carbocycles. The van der Waals surface area contributed by atoms with Crippen LogP contribution in [0.25, 0.3) is 0 Å². The number of carbonyl (C=O) groups is 1. The number of aromatic nitrogens is 3. The van der Waals surface area contributed by atoms with Crippen LogP contribution >= 0.6 is 11.6 Å². The largest absolute Gasteiger partial charge is 0.359 e. The van der Waals surface area contributed by atoms with E-state index in [9.17, 15) is 4.79 Å². The smallest absolute Gasteiger partial charge is 0.227 e. The van der Waals surface area contributed by atoms with Gasteiger partial charge in [0.05, 0.1) is 11.3 Å². The summed E-state index contributed by atoms with van der Waals surface area (Å²) in [5, 5.41) is 10.2. The topological polar surface area (TPSA) is 59.8 Å². The third-order valence-corrected chi connectivity index (χ3v) is 2.46. The van der Waals surface area contributed by atoms with Gasteiger partial charge < -0.3 is 9.88 Å². The third kappa shape index (κ3) is 2.68. The Balaban J connectivity index is 2.81. The fourth-order valence-corrected chi connectivity index (χ4v) is 1.56. The van der Waals surface area contributed by atoms with Crippen LogP contribution in [-0.4, -0.2) is 27.7 Å². The van der Waals surface area contributed by atoms with Crippen molar-refractivity contribution in [1.29, 1.82) is 0 Å². The monoisotopic (exact) mass is 230 g/mol. The van der Waals surface area contributed by atoms with Crippen molar-refractivity contribution in [2.75, 3.05) is 7.05 Å². The van der Waals surface area contributed by atoms with Crippen molar-refractivity contribution in [3.05, 3.63) is 12.2 Å². The lowest BCUT2D eigenvalue weighted by atomic mass is 9.92. The highest BCUT2D eigenvalue weighted by Gasteiger charge is 2.27. The average Bonchev–Trinajstić information content (AvgIpc) is 2.63. The first-order valence-electron chi connectivity index (χ1n) is 4.66. The van der Waals surface area contributed by atoms with E-state index in [0.29, 0.717) is 18.2 Å². The highest BCUT2D eigenvalue weighted by atomic mass is 35.5. The molecule has 5 nitrogen and oxygen atoms in total. The first-order valence-corrected chi connectivity index (χ1v) is 5.19. The summed E-state index contributed by atoms with van der Waals surface area (Å²) in [5.74, 6) is 0.953. The van der Waals surface area contributed by atoms with Gasteiger partial charge in [0.25, 0.3) is 0 Å². The zero-order chi connectivity index (χ0) is 11.5. The number of hydrogen-bond donors (Lipinski definition) is 1. The van der Waals surface area contributed by atoms with Crippen molar-refractivity contribution in [3.63, 3.8) is 0 Å². The summed E-state index contributed by atoms with van der Waals surface area (Å²) in [6, 6.07) is 0. The highest BCUT2D eigenvalue weighted by Crippen LogP contribution is 2.19. The molecule has 0 radical (unpaired) electrons. The second-order valence-corrected chi connectivity index (χ2v) is 4.24. The van der Waals surface area contributed by atoms with Crippen LogP contribution in [0.3, 0.4) is 0 Å². The number of hydrogen-bond acceptors (Lipinski definition) is 3. The molecule has 0 saturated heterocycles. The van der Waals surface area contributed by atoms with Gasteiger partial charge in [-0.15, -0.1) is 21.8 Å². The van der Waals surface area contributed by atoms with E-state index in [1.807, 2.05) is 13.8 Å². The molecule has 1 heterocycles. The van der Waals surface area contributed by atoms with E-state index in [-0.39, 0.29) is 5.91 Å². The zero-order valence-corrected chi connectivity index (χ0v) is 9.88. The van der Waals surface area contributed by atoms with Crippen LogP contribution in [0, 0.1) is 5.41 Å². The van der Waals surface area contributed by atoms with Gasteiger partial charge in [-0.2, -0.15) is 0 Å². The lowest BCUT2D eigenvalue weighted by molar-refractivity contribution is -0.129. The number of nitrogens with one attached hydrogen (secondary N) is 1. The van der Waals surface area contributed by atoms with Gasteiger partial charge >= 0.3 is 0 Å². The Morgan fingerprint density at radius 3 is 2.87 bits per heavy atom. The average molecular weight is 231 g/mol. The summed E-state index contributed by atoms with van der Waals surface area (Å²) in [5.41, 5.74) is -0.502.